The minimum atomic E-state index is -4.42. The van der Waals surface area contributed by atoms with Crippen molar-refractivity contribution in [3.8, 4) is 0 Å². The molecule has 7 heteroatoms. The van der Waals surface area contributed by atoms with E-state index in [1.807, 2.05) is 0 Å². The van der Waals surface area contributed by atoms with Gasteiger partial charge >= 0.3 is 12.1 Å². The summed E-state index contributed by atoms with van der Waals surface area (Å²) in [5.74, 6) is -1.11. The van der Waals surface area contributed by atoms with Crippen LogP contribution in [0.5, 0.6) is 0 Å². The van der Waals surface area contributed by atoms with E-state index in [0.29, 0.717) is 0 Å². The fourth-order valence-corrected chi connectivity index (χ4v) is 2.53. The van der Waals surface area contributed by atoms with Crippen molar-refractivity contribution in [2.75, 3.05) is 11.9 Å². The number of alkyl halides is 3. The van der Waals surface area contributed by atoms with Crippen LogP contribution >= 0.6 is 0 Å². The molecule has 2 rings (SSSR count). The summed E-state index contributed by atoms with van der Waals surface area (Å²) >= 11 is 0. The van der Waals surface area contributed by atoms with Gasteiger partial charge in [0.2, 0.25) is 0 Å². The van der Waals surface area contributed by atoms with Crippen molar-refractivity contribution in [3.05, 3.63) is 29.8 Å². The number of anilines is 1. The molecule has 1 aromatic carbocycles. The summed E-state index contributed by atoms with van der Waals surface area (Å²) in [6.07, 6.45) is 0.212. The molecule has 0 spiro atoms. The predicted octanol–water partition coefficient (Wildman–Crippen LogP) is 3.77. The summed E-state index contributed by atoms with van der Waals surface area (Å²) in [6, 6.07) is 4.07. The zero-order valence-corrected chi connectivity index (χ0v) is 12.5. The van der Waals surface area contributed by atoms with E-state index in [1.54, 1.807) is 0 Å². The molecule has 0 saturated heterocycles. The third kappa shape index (κ3) is 5.26. The molecule has 1 aliphatic rings. The number of carbonyl (C=O) groups is 2. The first-order chi connectivity index (χ1) is 10.9. The SMILES string of the molecule is O=C(COC(=O)C1CCCCC1)Nc1ccc(C(F)(F)F)cc1. The third-order valence-electron chi connectivity index (χ3n) is 3.78. The number of nitrogens with one attached hydrogen (secondary N) is 1. The third-order valence-corrected chi connectivity index (χ3v) is 3.78. The fourth-order valence-electron chi connectivity index (χ4n) is 2.53. The molecule has 1 fully saturated rings. The molecule has 0 unspecified atom stereocenters. The van der Waals surface area contributed by atoms with Gasteiger partial charge in [-0.2, -0.15) is 13.2 Å². The van der Waals surface area contributed by atoms with Gasteiger partial charge in [-0.15, -0.1) is 0 Å². The molecule has 23 heavy (non-hydrogen) atoms. The van der Waals surface area contributed by atoms with Crippen LogP contribution in [0, 0.1) is 5.92 Å². The van der Waals surface area contributed by atoms with Gasteiger partial charge in [0.15, 0.2) is 6.61 Å². The molecule has 1 aromatic rings. The Balaban J connectivity index is 1.79. The highest BCUT2D eigenvalue weighted by molar-refractivity contribution is 5.92. The number of esters is 1. The van der Waals surface area contributed by atoms with E-state index in [2.05, 4.69) is 5.32 Å². The van der Waals surface area contributed by atoms with Gasteiger partial charge in [0.25, 0.3) is 5.91 Å². The van der Waals surface area contributed by atoms with Crippen molar-refractivity contribution < 1.29 is 27.5 Å². The van der Waals surface area contributed by atoms with Crippen molar-refractivity contribution in [2.24, 2.45) is 5.92 Å². The van der Waals surface area contributed by atoms with Gasteiger partial charge in [-0.1, -0.05) is 19.3 Å². The molecule has 1 aliphatic carbocycles. The zero-order chi connectivity index (χ0) is 16.9. The number of hydrogen-bond donors (Lipinski definition) is 1. The normalized spacial score (nSPS) is 16.0. The lowest BCUT2D eigenvalue weighted by molar-refractivity contribution is -0.152. The minimum absolute atomic E-state index is 0.150. The summed E-state index contributed by atoms with van der Waals surface area (Å²) in [5, 5.41) is 2.40. The molecule has 1 amide bonds. The summed E-state index contributed by atoms with van der Waals surface area (Å²) < 4.78 is 42.2. The Morgan fingerprint density at radius 2 is 1.70 bits per heavy atom. The minimum Gasteiger partial charge on any atom is -0.455 e. The highest BCUT2D eigenvalue weighted by atomic mass is 19.4. The van der Waals surface area contributed by atoms with Crippen LogP contribution < -0.4 is 5.32 Å². The largest absolute Gasteiger partial charge is 0.455 e. The highest BCUT2D eigenvalue weighted by Crippen LogP contribution is 2.29. The second-order valence-corrected chi connectivity index (χ2v) is 5.57. The van der Waals surface area contributed by atoms with E-state index < -0.39 is 24.3 Å². The number of hydrogen-bond acceptors (Lipinski definition) is 3. The predicted molar refractivity (Wildman–Crippen MR) is 77.6 cm³/mol. The Bertz CT molecular complexity index is 549. The summed E-state index contributed by atoms with van der Waals surface area (Å²) in [6.45, 7) is -0.434. The summed E-state index contributed by atoms with van der Waals surface area (Å²) in [4.78, 5) is 23.5. The highest BCUT2D eigenvalue weighted by Gasteiger charge is 2.30. The average Bonchev–Trinajstić information content (AvgIpc) is 2.53. The lowest BCUT2D eigenvalue weighted by Gasteiger charge is -2.19. The molecule has 0 aromatic heterocycles. The Labute approximate surface area is 132 Å². The molecule has 0 heterocycles. The van der Waals surface area contributed by atoms with Crippen LogP contribution in [0.2, 0.25) is 0 Å². The number of rotatable bonds is 4. The van der Waals surface area contributed by atoms with Crippen LogP contribution in [0.25, 0.3) is 0 Å². The van der Waals surface area contributed by atoms with Gasteiger partial charge in [0.05, 0.1) is 11.5 Å². The van der Waals surface area contributed by atoms with E-state index in [0.717, 1.165) is 56.4 Å². The zero-order valence-electron chi connectivity index (χ0n) is 12.5. The molecular formula is C16H18F3NO3. The Kier molecular flexibility index (Phi) is 5.63. The second kappa shape index (κ2) is 7.48. The maximum atomic E-state index is 12.4. The molecule has 0 atom stereocenters. The number of halogens is 3. The number of ether oxygens (including phenoxy) is 1. The molecule has 0 aliphatic heterocycles. The maximum Gasteiger partial charge on any atom is 0.416 e. The van der Waals surface area contributed by atoms with Crippen LogP contribution in [0.1, 0.15) is 37.7 Å². The van der Waals surface area contributed by atoms with Gasteiger partial charge < -0.3 is 10.1 Å². The topological polar surface area (TPSA) is 55.4 Å². The van der Waals surface area contributed by atoms with E-state index >= 15 is 0 Å². The molecule has 4 nitrogen and oxygen atoms in total. The van der Waals surface area contributed by atoms with Crippen LogP contribution in [-0.4, -0.2) is 18.5 Å². The molecule has 0 radical (unpaired) electrons. The first-order valence-electron chi connectivity index (χ1n) is 7.50. The number of amides is 1. The summed E-state index contributed by atoms with van der Waals surface area (Å²) in [7, 11) is 0. The smallest absolute Gasteiger partial charge is 0.416 e. The van der Waals surface area contributed by atoms with Gasteiger partial charge in [-0.25, -0.2) is 0 Å². The second-order valence-electron chi connectivity index (χ2n) is 5.57. The van der Waals surface area contributed by atoms with Crippen molar-refractivity contribution in [3.63, 3.8) is 0 Å². The van der Waals surface area contributed by atoms with Gasteiger partial charge in [-0.3, -0.25) is 9.59 Å². The first-order valence-corrected chi connectivity index (χ1v) is 7.50. The first kappa shape index (κ1) is 17.3. The van der Waals surface area contributed by atoms with Crippen molar-refractivity contribution >= 4 is 17.6 Å². The van der Waals surface area contributed by atoms with E-state index in [9.17, 15) is 22.8 Å². The molecule has 1 N–H and O–H groups in total. The quantitative estimate of drug-likeness (QED) is 0.856. The van der Waals surface area contributed by atoms with Crippen LogP contribution in [0.4, 0.5) is 18.9 Å². The molecular weight excluding hydrogens is 311 g/mol. The monoisotopic (exact) mass is 329 g/mol. The maximum absolute atomic E-state index is 12.4. The van der Waals surface area contributed by atoms with Crippen molar-refractivity contribution in [1.29, 1.82) is 0 Å². The molecule has 126 valence electrons. The Morgan fingerprint density at radius 1 is 1.09 bits per heavy atom. The van der Waals surface area contributed by atoms with Crippen LogP contribution in [0.3, 0.4) is 0 Å². The lowest BCUT2D eigenvalue weighted by atomic mass is 9.89. The Hall–Kier alpha value is -2.05. The van der Waals surface area contributed by atoms with Crippen molar-refractivity contribution in [1.82, 2.24) is 0 Å². The lowest BCUT2D eigenvalue weighted by Crippen LogP contribution is -2.26. The van der Waals surface area contributed by atoms with Crippen LogP contribution in [-0.2, 0) is 20.5 Å². The van der Waals surface area contributed by atoms with E-state index in [-0.39, 0.29) is 17.6 Å². The standard InChI is InChI=1S/C16H18F3NO3/c17-16(18,19)12-6-8-13(9-7-12)20-14(21)10-23-15(22)11-4-2-1-3-5-11/h6-9,11H,1-5,10H2,(H,20,21). The number of carbonyl (C=O) groups excluding carboxylic acids is 2. The summed E-state index contributed by atoms with van der Waals surface area (Å²) in [5.41, 5.74) is -0.573. The fraction of sp³-hybridized carbons (Fsp3) is 0.500. The van der Waals surface area contributed by atoms with Gasteiger partial charge in [-0.05, 0) is 37.1 Å². The van der Waals surface area contributed by atoms with Crippen LogP contribution in [0.15, 0.2) is 24.3 Å². The van der Waals surface area contributed by atoms with Gasteiger partial charge in [0.1, 0.15) is 0 Å². The van der Waals surface area contributed by atoms with E-state index in [4.69, 9.17) is 4.74 Å². The Morgan fingerprint density at radius 3 is 2.26 bits per heavy atom. The average molecular weight is 329 g/mol. The van der Waals surface area contributed by atoms with E-state index in [1.165, 1.54) is 0 Å². The van der Waals surface area contributed by atoms with Gasteiger partial charge in [0, 0.05) is 5.69 Å². The molecule has 1 saturated carbocycles. The molecule has 0 bridgehead atoms. The number of benzene rings is 1. The van der Waals surface area contributed by atoms with Crippen molar-refractivity contribution in [2.45, 2.75) is 38.3 Å².